The van der Waals surface area contributed by atoms with Crippen molar-refractivity contribution in [2.45, 2.75) is 58.9 Å². The van der Waals surface area contributed by atoms with Crippen LogP contribution < -0.4 is 0 Å². The molecule has 0 spiro atoms. The van der Waals surface area contributed by atoms with Crippen molar-refractivity contribution in [2.75, 3.05) is 0 Å². The molecule has 1 aromatic carbocycles. The van der Waals surface area contributed by atoms with Gasteiger partial charge in [0.15, 0.2) is 8.32 Å². The summed E-state index contributed by atoms with van der Waals surface area (Å²) in [5.41, 5.74) is 2.38. The summed E-state index contributed by atoms with van der Waals surface area (Å²) in [6.07, 6.45) is 0.102. The second kappa shape index (κ2) is 6.74. The normalized spacial score (nSPS) is 13.7. The molecule has 3 heteroatoms. The number of halogens is 1. The third-order valence-corrected chi connectivity index (χ3v) is 9.09. The van der Waals surface area contributed by atoms with Crippen LogP contribution in [0.15, 0.2) is 18.2 Å². The van der Waals surface area contributed by atoms with E-state index in [1.54, 1.807) is 0 Å². The lowest BCUT2D eigenvalue weighted by Gasteiger charge is -2.32. The van der Waals surface area contributed by atoms with Gasteiger partial charge in [0.05, 0.1) is 6.10 Å². The predicted octanol–water partition coefficient (Wildman–Crippen LogP) is 5.73. The molecule has 0 N–H and O–H groups in total. The lowest BCUT2D eigenvalue weighted by atomic mass is 10.0. The van der Waals surface area contributed by atoms with Crippen molar-refractivity contribution in [2.24, 2.45) is 0 Å². The molecule has 0 bridgehead atoms. The molecule has 0 aliphatic rings. The Balaban J connectivity index is 2.97. The Bertz CT molecular complexity index is 360. The first kappa shape index (κ1) is 15.7. The van der Waals surface area contributed by atoms with Gasteiger partial charge < -0.3 is 4.43 Å². The van der Waals surface area contributed by atoms with Gasteiger partial charge in [-0.25, -0.2) is 0 Å². The molecule has 1 aromatic rings. The third kappa shape index (κ3) is 3.37. The molecule has 0 aliphatic heterocycles. The average molecular weight is 285 g/mol. The number of hydrogen-bond acceptors (Lipinski definition) is 1. The van der Waals surface area contributed by atoms with Crippen LogP contribution in [0.25, 0.3) is 0 Å². The predicted molar refractivity (Wildman–Crippen MR) is 82.9 cm³/mol. The molecule has 0 amide bonds. The van der Waals surface area contributed by atoms with Gasteiger partial charge in [0.1, 0.15) is 0 Å². The van der Waals surface area contributed by atoms with E-state index in [0.29, 0.717) is 0 Å². The minimum atomic E-state index is -1.57. The number of rotatable bonds is 6. The van der Waals surface area contributed by atoms with Crippen LogP contribution in [-0.2, 0) is 4.43 Å². The molecule has 102 valence electrons. The van der Waals surface area contributed by atoms with Crippen LogP contribution in [0.3, 0.4) is 0 Å². The highest BCUT2D eigenvalue weighted by molar-refractivity contribution is 6.73. The molecule has 0 heterocycles. The molecular weight excluding hydrogens is 260 g/mol. The van der Waals surface area contributed by atoms with Crippen LogP contribution >= 0.6 is 11.6 Å². The average Bonchev–Trinajstić information content (AvgIpc) is 2.36. The largest absolute Gasteiger partial charge is 0.410 e. The molecule has 0 saturated heterocycles. The summed E-state index contributed by atoms with van der Waals surface area (Å²) in [6, 6.07) is 9.58. The quantitative estimate of drug-likeness (QED) is 0.606. The second-order valence-electron chi connectivity index (χ2n) is 4.97. The smallest absolute Gasteiger partial charge is 0.192 e. The van der Waals surface area contributed by atoms with E-state index in [4.69, 9.17) is 16.0 Å². The van der Waals surface area contributed by atoms with E-state index < -0.39 is 8.32 Å². The number of aryl methyl sites for hydroxylation is 1. The van der Waals surface area contributed by atoms with Gasteiger partial charge in [-0.15, -0.1) is 0 Å². The molecular formula is C15H25ClOSi. The minimum absolute atomic E-state index is 0.102. The van der Waals surface area contributed by atoms with E-state index >= 15 is 0 Å². The first-order chi connectivity index (χ1) is 8.49. The summed E-state index contributed by atoms with van der Waals surface area (Å²) in [6.45, 7) is 11.0. The van der Waals surface area contributed by atoms with Gasteiger partial charge in [0, 0.05) is 10.6 Å². The Kier molecular flexibility index (Phi) is 5.89. The van der Waals surface area contributed by atoms with E-state index in [1.165, 1.54) is 23.7 Å². The molecule has 0 fully saturated rings. The zero-order valence-electron chi connectivity index (χ0n) is 12.2. The van der Waals surface area contributed by atoms with E-state index in [9.17, 15) is 0 Å². The van der Waals surface area contributed by atoms with Gasteiger partial charge in [-0.2, -0.15) is 0 Å². The van der Waals surface area contributed by atoms with Crippen molar-refractivity contribution in [3.63, 3.8) is 0 Å². The van der Waals surface area contributed by atoms with Crippen molar-refractivity contribution in [3.05, 3.63) is 34.3 Å². The zero-order valence-corrected chi connectivity index (χ0v) is 14.0. The minimum Gasteiger partial charge on any atom is -0.410 e. The Morgan fingerprint density at radius 2 is 1.72 bits per heavy atom. The summed E-state index contributed by atoms with van der Waals surface area (Å²) in [5, 5.41) is 0.828. The molecule has 1 atom stereocenters. The fourth-order valence-corrected chi connectivity index (χ4v) is 5.84. The van der Waals surface area contributed by atoms with Gasteiger partial charge in [-0.05, 0) is 43.6 Å². The lowest BCUT2D eigenvalue weighted by molar-refractivity contribution is 0.209. The van der Waals surface area contributed by atoms with E-state index in [0.717, 1.165) is 10.6 Å². The van der Waals surface area contributed by atoms with Gasteiger partial charge >= 0.3 is 0 Å². The summed E-state index contributed by atoms with van der Waals surface area (Å²) < 4.78 is 6.49. The van der Waals surface area contributed by atoms with Crippen LogP contribution in [0.2, 0.25) is 23.2 Å². The van der Waals surface area contributed by atoms with Gasteiger partial charge in [0.25, 0.3) is 0 Å². The van der Waals surface area contributed by atoms with Crippen molar-refractivity contribution in [1.29, 1.82) is 0 Å². The maximum Gasteiger partial charge on any atom is 0.192 e. The Morgan fingerprint density at radius 1 is 1.17 bits per heavy atom. The third-order valence-electron chi connectivity index (χ3n) is 4.04. The van der Waals surface area contributed by atoms with Crippen molar-refractivity contribution in [1.82, 2.24) is 0 Å². The summed E-state index contributed by atoms with van der Waals surface area (Å²) in [5.74, 6) is 0. The van der Waals surface area contributed by atoms with E-state index in [1.807, 2.05) is 12.1 Å². The van der Waals surface area contributed by atoms with Crippen molar-refractivity contribution < 1.29 is 4.43 Å². The van der Waals surface area contributed by atoms with Gasteiger partial charge in [-0.1, -0.05) is 44.5 Å². The second-order valence-corrected chi connectivity index (χ2v) is 10.1. The first-order valence-electron chi connectivity index (χ1n) is 6.92. The van der Waals surface area contributed by atoms with Crippen molar-refractivity contribution in [3.8, 4) is 0 Å². The fraction of sp³-hybridized carbons (Fsp3) is 0.600. The topological polar surface area (TPSA) is 9.23 Å². The monoisotopic (exact) mass is 284 g/mol. The summed E-state index contributed by atoms with van der Waals surface area (Å²) >= 11 is 6.32. The maximum atomic E-state index is 6.49. The molecule has 0 saturated carbocycles. The van der Waals surface area contributed by atoms with Crippen LogP contribution in [0, 0.1) is 6.92 Å². The first-order valence-corrected chi connectivity index (χ1v) is 9.83. The van der Waals surface area contributed by atoms with Crippen LogP contribution in [0.1, 0.15) is 44.9 Å². The standard InChI is InChI=1S/C15H25ClOSi/c1-6-18(7-2,8-3)17-13(5)15-12(4)10-9-11-14(15)16/h9-11,13H,6-8H2,1-5H3. The molecule has 18 heavy (non-hydrogen) atoms. The highest BCUT2D eigenvalue weighted by Gasteiger charge is 2.31. The molecule has 1 rings (SSSR count). The van der Waals surface area contributed by atoms with E-state index in [2.05, 4.69) is 40.7 Å². The molecule has 0 aliphatic carbocycles. The molecule has 1 unspecified atom stereocenters. The van der Waals surface area contributed by atoms with Gasteiger partial charge in [-0.3, -0.25) is 0 Å². The number of hydrogen-bond donors (Lipinski definition) is 0. The molecule has 1 nitrogen and oxygen atoms in total. The Labute approximate surface area is 118 Å². The molecule has 0 radical (unpaired) electrons. The van der Waals surface area contributed by atoms with Crippen LogP contribution in [0.4, 0.5) is 0 Å². The van der Waals surface area contributed by atoms with Crippen molar-refractivity contribution >= 4 is 19.9 Å². The van der Waals surface area contributed by atoms with Crippen LogP contribution in [-0.4, -0.2) is 8.32 Å². The Hall–Kier alpha value is -0.313. The molecule has 0 aromatic heterocycles. The zero-order chi connectivity index (χ0) is 13.8. The number of benzene rings is 1. The maximum absolute atomic E-state index is 6.49. The highest BCUT2D eigenvalue weighted by Crippen LogP contribution is 2.34. The lowest BCUT2D eigenvalue weighted by Crippen LogP contribution is -2.36. The summed E-state index contributed by atoms with van der Waals surface area (Å²) in [4.78, 5) is 0. The Morgan fingerprint density at radius 3 is 2.17 bits per heavy atom. The fourth-order valence-electron chi connectivity index (χ4n) is 2.59. The van der Waals surface area contributed by atoms with Gasteiger partial charge in [0.2, 0.25) is 0 Å². The van der Waals surface area contributed by atoms with Crippen LogP contribution in [0.5, 0.6) is 0 Å². The van der Waals surface area contributed by atoms with E-state index in [-0.39, 0.29) is 6.10 Å². The highest BCUT2D eigenvalue weighted by atomic mass is 35.5. The SMILES string of the molecule is CC[Si](CC)(CC)OC(C)c1c(C)cccc1Cl. The summed E-state index contributed by atoms with van der Waals surface area (Å²) in [7, 11) is -1.57.